The maximum absolute atomic E-state index is 13.9. The summed E-state index contributed by atoms with van der Waals surface area (Å²) in [5, 5.41) is 22.2. The lowest BCUT2D eigenvalue weighted by Gasteiger charge is -2.43. The summed E-state index contributed by atoms with van der Waals surface area (Å²) in [6.45, 7) is 19.7. The summed E-state index contributed by atoms with van der Waals surface area (Å²) >= 11 is 1.38. The van der Waals surface area contributed by atoms with Gasteiger partial charge in [0.2, 0.25) is 5.91 Å². The van der Waals surface area contributed by atoms with Gasteiger partial charge in [-0.3, -0.25) is 15.1 Å². The van der Waals surface area contributed by atoms with Crippen LogP contribution in [0.1, 0.15) is 83.0 Å². The number of nitrogens with one attached hydrogen (secondary N) is 2. The molecule has 0 aromatic carbocycles. The molecule has 2 amide bonds. The van der Waals surface area contributed by atoms with Crippen molar-refractivity contribution in [2.24, 2.45) is 0 Å². The van der Waals surface area contributed by atoms with Crippen LogP contribution in [0.25, 0.3) is 0 Å². The number of fused-ring (bicyclic) bond motifs is 1. The van der Waals surface area contributed by atoms with Crippen LogP contribution in [0.2, 0.25) is 0 Å². The summed E-state index contributed by atoms with van der Waals surface area (Å²) in [7, 11) is 0. The summed E-state index contributed by atoms with van der Waals surface area (Å²) < 4.78 is 5.59. The fourth-order valence-corrected chi connectivity index (χ4v) is 7.88. The number of rotatable bonds is 4. The summed E-state index contributed by atoms with van der Waals surface area (Å²) in [4.78, 5) is 41.1. The van der Waals surface area contributed by atoms with Crippen LogP contribution in [-0.4, -0.2) is 96.1 Å². The number of nitriles is 1. The van der Waals surface area contributed by atoms with Crippen molar-refractivity contribution in [3.63, 3.8) is 0 Å². The Hall–Kier alpha value is -3.89. The molecule has 2 aromatic rings. The van der Waals surface area contributed by atoms with Crippen LogP contribution in [0.15, 0.2) is 12.1 Å². The zero-order valence-electron chi connectivity index (χ0n) is 28.8. The predicted molar refractivity (Wildman–Crippen MR) is 187 cm³/mol. The van der Waals surface area contributed by atoms with Crippen molar-refractivity contribution < 1.29 is 14.3 Å². The lowest BCUT2D eigenvalue weighted by atomic mass is 9.72. The molecule has 0 saturated carbocycles. The maximum atomic E-state index is 13.9. The Morgan fingerprint density at radius 2 is 1.68 bits per heavy atom. The summed E-state index contributed by atoms with van der Waals surface area (Å²) in [6, 6.07) is 6.11. The molecule has 4 N–H and O–H groups in total. The van der Waals surface area contributed by atoms with Crippen molar-refractivity contribution in [3.05, 3.63) is 33.8 Å². The second-order valence-electron chi connectivity index (χ2n) is 14.9. The van der Waals surface area contributed by atoms with E-state index in [0.29, 0.717) is 54.4 Å². The maximum Gasteiger partial charge on any atom is 0.410 e. The van der Waals surface area contributed by atoms with Crippen LogP contribution in [0, 0.1) is 16.7 Å². The third-order valence-corrected chi connectivity index (χ3v) is 10.5. The van der Waals surface area contributed by atoms with Gasteiger partial charge in [-0.2, -0.15) is 5.26 Å². The quantitative estimate of drug-likeness (QED) is 0.321. The average molecular weight is 664 g/mol. The van der Waals surface area contributed by atoms with Gasteiger partial charge >= 0.3 is 6.09 Å². The number of hydrogen-bond acceptors (Lipinski definition) is 11. The molecular weight excluding hydrogens is 615 g/mol. The van der Waals surface area contributed by atoms with Gasteiger partial charge < -0.3 is 30.5 Å². The van der Waals surface area contributed by atoms with Crippen molar-refractivity contribution >= 4 is 45.7 Å². The van der Waals surface area contributed by atoms with E-state index in [-0.39, 0.29) is 23.4 Å². The van der Waals surface area contributed by atoms with E-state index < -0.39 is 11.0 Å². The number of carbonyl (C=O) groups is 2. The minimum absolute atomic E-state index is 0.0698. The molecule has 1 aliphatic carbocycles. The molecule has 5 rings (SSSR count). The molecule has 3 aliphatic rings. The fourth-order valence-electron chi connectivity index (χ4n) is 6.69. The topological polar surface area (TPSA) is 155 Å². The van der Waals surface area contributed by atoms with Gasteiger partial charge in [0.1, 0.15) is 28.2 Å². The van der Waals surface area contributed by atoms with Gasteiger partial charge in [0.05, 0.1) is 11.0 Å². The Balaban J connectivity index is 1.40. The van der Waals surface area contributed by atoms with Crippen LogP contribution in [0.5, 0.6) is 0 Å². The number of hydrogen-bond donors (Lipinski definition) is 3. The molecule has 0 spiro atoms. The average Bonchev–Trinajstić information content (AvgIpc) is 3.35. The first-order chi connectivity index (χ1) is 22.0. The number of nitrogen functional groups attached to an aromatic ring is 1. The van der Waals surface area contributed by atoms with E-state index in [1.54, 1.807) is 4.90 Å². The van der Waals surface area contributed by atoms with Gasteiger partial charge in [-0.05, 0) is 73.8 Å². The first-order valence-electron chi connectivity index (χ1n) is 16.5. The van der Waals surface area contributed by atoms with E-state index in [2.05, 4.69) is 52.9 Å². The van der Waals surface area contributed by atoms with Gasteiger partial charge in [0.25, 0.3) is 0 Å². The minimum Gasteiger partial charge on any atom is -0.444 e. The van der Waals surface area contributed by atoms with Crippen molar-refractivity contribution in [2.75, 3.05) is 67.9 Å². The van der Waals surface area contributed by atoms with E-state index in [1.165, 1.54) is 11.3 Å². The number of carbonyl (C=O) groups excluding carboxylic acids is 2. The van der Waals surface area contributed by atoms with Gasteiger partial charge in [-0.1, -0.05) is 0 Å². The first-order valence-corrected chi connectivity index (χ1v) is 17.3. The molecule has 2 aromatic heterocycles. The Bertz CT molecular complexity index is 1570. The number of aromatic nitrogens is 1. The number of piperazine rings is 2. The lowest BCUT2D eigenvalue weighted by molar-refractivity contribution is -0.125. The third kappa shape index (κ3) is 7.33. The standard InChI is InChI=1S/C34H49N9O3S/c1-32(2,3)43-17-15-41(16-18-43)26-20-22(40-11-13-42(14-12-40)31(45)46-33(4,5)6)19-24(38-26)28(36)39-30(44)34(7)10-8-9-25-27(34)23(21-35)29(37)47-25/h19-20H,8-18,37H2,1-7H3,(H2,36,39,44). The van der Waals surface area contributed by atoms with Crippen LogP contribution in [0.3, 0.4) is 0 Å². The monoisotopic (exact) mass is 663 g/mol. The molecule has 47 heavy (non-hydrogen) atoms. The largest absolute Gasteiger partial charge is 0.444 e. The van der Waals surface area contributed by atoms with Crippen molar-refractivity contribution in [1.82, 2.24) is 20.1 Å². The SMILES string of the molecule is CC(C)(C)OC(=O)N1CCN(c2cc(C(=N)NC(=O)C3(C)CCCc4sc(N)c(C#N)c43)nc(N3CCN(C(C)(C)C)CC3)c2)CC1. The number of pyridine rings is 1. The van der Waals surface area contributed by atoms with Gasteiger partial charge in [-0.25, -0.2) is 9.78 Å². The highest BCUT2D eigenvalue weighted by atomic mass is 32.1. The van der Waals surface area contributed by atoms with E-state index in [4.69, 9.17) is 20.9 Å². The minimum atomic E-state index is -0.985. The zero-order chi connectivity index (χ0) is 34.3. The number of amides is 2. The Kier molecular flexibility index (Phi) is 9.50. The van der Waals surface area contributed by atoms with E-state index >= 15 is 0 Å². The summed E-state index contributed by atoms with van der Waals surface area (Å²) in [5.74, 6) is 0.327. The molecule has 2 aliphatic heterocycles. The Morgan fingerprint density at radius 3 is 2.28 bits per heavy atom. The highest BCUT2D eigenvalue weighted by molar-refractivity contribution is 7.16. The van der Waals surface area contributed by atoms with Crippen molar-refractivity contribution in [3.8, 4) is 6.07 Å². The number of ether oxygens (including phenoxy) is 1. The van der Waals surface area contributed by atoms with E-state index in [0.717, 1.165) is 55.4 Å². The molecule has 254 valence electrons. The van der Waals surface area contributed by atoms with Gasteiger partial charge in [-0.15, -0.1) is 11.3 Å². The van der Waals surface area contributed by atoms with Crippen molar-refractivity contribution in [2.45, 2.75) is 84.3 Å². The molecule has 2 saturated heterocycles. The van der Waals surface area contributed by atoms with Gasteiger partial charge in [0.15, 0.2) is 5.84 Å². The first kappa shape index (κ1) is 34.4. The number of anilines is 3. The highest BCUT2D eigenvalue weighted by Crippen LogP contribution is 2.45. The molecule has 13 heteroatoms. The van der Waals surface area contributed by atoms with Crippen LogP contribution in [0.4, 0.5) is 21.3 Å². The number of thiophene rings is 1. The number of amidine groups is 1. The van der Waals surface area contributed by atoms with Crippen molar-refractivity contribution in [1.29, 1.82) is 10.7 Å². The normalized spacial score (nSPS) is 20.8. The smallest absolute Gasteiger partial charge is 0.410 e. The zero-order valence-corrected chi connectivity index (χ0v) is 29.6. The third-order valence-electron chi connectivity index (χ3n) is 9.39. The number of aryl methyl sites for hydroxylation is 1. The van der Waals surface area contributed by atoms with Crippen LogP contribution < -0.4 is 20.9 Å². The molecule has 12 nitrogen and oxygen atoms in total. The molecule has 1 unspecified atom stereocenters. The number of nitrogens with zero attached hydrogens (tertiary/aromatic N) is 6. The number of nitrogens with two attached hydrogens (primary N) is 1. The predicted octanol–water partition coefficient (Wildman–Crippen LogP) is 4.31. The Labute approximate surface area is 282 Å². The molecular formula is C34H49N9O3S. The molecule has 1 atom stereocenters. The fraction of sp³-hybridized carbons (Fsp3) is 0.618. The second kappa shape index (κ2) is 13.0. The highest BCUT2D eigenvalue weighted by Gasteiger charge is 2.43. The van der Waals surface area contributed by atoms with E-state index in [9.17, 15) is 14.9 Å². The lowest BCUT2D eigenvalue weighted by Crippen LogP contribution is -2.53. The second-order valence-corrected chi connectivity index (χ2v) is 16.1. The van der Waals surface area contributed by atoms with Crippen LogP contribution in [-0.2, 0) is 21.4 Å². The summed E-state index contributed by atoms with van der Waals surface area (Å²) in [5.41, 5.74) is 7.01. The molecule has 0 bridgehead atoms. The molecule has 2 fully saturated rings. The van der Waals surface area contributed by atoms with Crippen LogP contribution >= 0.6 is 11.3 Å². The Morgan fingerprint density at radius 1 is 1.04 bits per heavy atom. The molecule has 0 radical (unpaired) electrons. The molecule has 4 heterocycles. The van der Waals surface area contributed by atoms with E-state index in [1.807, 2.05) is 33.8 Å². The van der Waals surface area contributed by atoms with Gasteiger partial charge in [0, 0.05) is 80.1 Å². The summed E-state index contributed by atoms with van der Waals surface area (Å²) in [6.07, 6.45) is 1.81.